The number of rotatable bonds is 7. The average Bonchev–Trinajstić information content (AvgIpc) is 3.23. The Morgan fingerprint density at radius 1 is 1.16 bits per heavy atom. The number of likely N-dealkylation sites (tertiary alicyclic amines) is 1. The van der Waals surface area contributed by atoms with Gasteiger partial charge in [-0.3, -0.25) is 9.59 Å². The highest BCUT2D eigenvalue weighted by molar-refractivity contribution is 5.97. The van der Waals surface area contributed by atoms with Crippen LogP contribution in [0.15, 0.2) is 48.7 Å². The zero-order valence-corrected chi connectivity index (χ0v) is 18.1. The molecule has 0 N–H and O–H groups in total. The molecule has 7 heteroatoms. The van der Waals surface area contributed by atoms with E-state index in [4.69, 9.17) is 4.74 Å². The number of anilines is 1. The topological polar surface area (TPSA) is 66.0 Å². The molecule has 0 spiro atoms. The normalized spacial score (nSPS) is 18.9. The highest BCUT2D eigenvalue weighted by Gasteiger charge is 2.28. The second-order valence-corrected chi connectivity index (χ2v) is 8.18. The highest BCUT2D eigenvalue weighted by Crippen LogP contribution is 2.24. The highest BCUT2D eigenvalue weighted by atomic mass is 16.5. The minimum atomic E-state index is -0.0410. The molecule has 164 valence electrons. The molecule has 1 unspecified atom stereocenters. The smallest absolute Gasteiger partial charge is 0.257 e. The molecule has 2 aliphatic rings. The fraction of sp³-hybridized carbons (Fsp3) is 0.458. The predicted octanol–water partition coefficient (Wildman–Crippen LogP) is 2.82. The Bertz CT molecular complexity index is 905. The van der Waals surface area contributed by atoms with E-state index < -0.39 is 0 Å². The zero-order chi connectivity index (χ0) is 21.6. The molecular weight excluding hydrogens is 392 g/mol. The number of carbonyl (C=O) groups excluding carboxylic acids is 2. The molecule has 2 fully saturated rings. The van der Waals surface area contributed by atoms with Gasteiger partial charge in [0.2, 0.25) is 5.91 Å². The third-order valence-corrected chi connectivity index (χ3v) is 6.15. The van der Waals surface area contributed by atoms with Crippen LogP contribution >= 0.6 is 0 Å². The molecule has 0 bridgehead atoms. The van der Waals surface area contributed by atoms with Crippen LogP contribution in [-0.4, -0.2) is 72.5 Å². The van der Waals surface area contributed by atoms with Gasteiger partial charge in [0.05, 0.1) is 12.1 Å². The van der Waals surface area contributed by atoms with Gasteiger partial charge in [-0.1, -0.05) is 18.2 Å². The molecule has 31 heavy (non-hydrogen) atoms. The lowest BCUT2D eigenvalue weighted by atomic mass is 10.0. The van der Waals surface area contributed by atoms with E-state index in [1.165, 1.54) is 0 Å². The summed E-state index contributed by atoms with van der Waals surface area (Å²) < 4.78 is 5.93. The number of carbonyl (C=O) groups is 2. The molecule has 3 heterocycles. The molecular formula is C24H30N4O3. The number of nitrogens with zero attached hydrogens (tertiary/aromatic N) is 4. The lowest BCUT2D eigenvalue weighted by Crippen LogP contribution is -2.49. The van der Waals surface area contributed by atoms with Crippen molar-refractivity contribution in [2.45, 2.75) is 31.7 Å². The molecule has 2 aromatic rings. The van der Waals surface area contributed by atoms with Crippen molar-refractivity contribution in [3.8, 4) is 5.75 Å². The third kappa shape index (κ3) is 4.98. The SMILES string of the molecule is CN(C(=O)c1ccccc1OCCN1CCCC1=O)C1CCCN(c2ccccn2)C1. The summed E-state index contributed by atoms with van der Waals surface area (Å²) in [7, 11) is 1.87. The number of hydrogen-bond acceptors (Lipinski definition) is 5. The maximum atomic E-state index is 13.3. The number of pyridine rings is 1. The number of likely N-dealkylation sites (N-methyl/N-ethyl adjacent to an activating group) is 1. The monoisotopic (exact) mass is 422 g/mol. The Morgan fingerprint density at radius 3 is 2.77 bits per heavy atom. The van der Waals surface area contributed by atoms with Crippen molar-refractivity contribution in [2.24, 2.45) is 0 Å². The van der Waals surface area contributed by atoms with Gasteiger partial charge in [-0.25, -0.2) is 4.98 Å². The molecule has 0 saturated carbocycles. The van der Waals surface area contributed by atoms with E-state index in [-0.39, 0.29) is 17.9 Å². The first kappa shape index (κ1) is 21.2. The summed E-state index contributed by atoms with van der Waals surface area (Å²) in [6, 6.07) is 13.4. The fourth-order valence-electron chi connectivity index (χ4n) is 4.35. The van der Waals surface area contributed by atoms with E-state index in [0.29, 0.717) is 30.9 Å². The number of piperidine rings is 1. The molecule has 4 rings (SSSR count). The first-order valence-electron chi connectivity index (χ1n) is 11.1. The maximum absolute atomic E-state index is 13.3. The lowest BCUT2D eigenvalue weighted by Gasteiger charge is -2.38. The van der Waals surface area contributed by atoms with E-state index in [9.17, 15) is 9.59 Å². The van der Waals surface area contributed by atoms with Crippen molar-refractivity contribution < 1.29 is 14.3 Å². The molecule has 0 radical (unpaired) electrons. The van der Waals surface area contributed by atoms with Gasteiger partial charge in [-0.2, -0.15) is 0 Å². The summed E-state index contributed by atoms with van der Waals surface area (Å²) in [6.07, 6.45) is 5.32. The Labute approximate surface area is 183 Å². The van der Waals surface area contributed by atoms with Gasteiger partial charge >= 0.3 is 0 Å². The summed E-state index contributed by atoms with van der Waals surface area (Å²) in [5.41, 5.74) is 0.563. The Balaban J connectivity index is 1.39. The summed E-state index contributed by atoms with van der Waals surface area (Å²) in [5.74, 6) is 1.67. The predicted molar refractivity (Wildman–Crippen MR) is 119 cm³/mol. The molecule has 2 amide bonds. The van der Waals surface area contributed by atoms with E-state index in [1.54, 1.807) is 6.20 Å². The van der Waals surface area contributed by atoms with Crippen LogP contribution in [0, 0.1) is 0 Å². The van der Waals surface area contributed by atoms with E-state index in [2.05, 4.69) is 9.88 Å². The summed E-state index contributed by atoms with van der Waals surface area (Å²) in [4.78, 5) is 35.5. The van der Waals surface area contributed by atoms with Gasteiger partial charge in [-0.15, -0.1) is 0 Å². The molecule has 2 saturated heterocycles. The quantitative estimate of drug-likeness (QED) is 0.687. The Morgan fingerprint density at radius 2 is 2.00 bits per heavy atom. The number of para-hydroxylation sites is 1. The zero-order valence-electron chi connectivity index (χ0n) is 18.1. The number of hydrogen-bond donors (Lipinski definition) is 0. The van der Waals surface area contributed by atoms with Crippen LogP contribution in [0.25, 0.3) is 0 Å². The molecule has 1 aromatic carbocycles. The summed E-state index contributed by atoms with van der Waals surface area (Å²) in [6.45, 7) is 3.44. The third-order valence-electron chi connectivity index (χ3n) is 6.15. The van der Waals surface area contributed by atoms with Crippen molar-refractivity contribution in [2.75, 3.05) is 44.7 Å². The summed E-state index contributed by atoms with van der Waals surface area (Å²) >= 11 is 0. The second-order valence-electron chi connectivity index (χ2n) is 8.18. The van der Waals surface area contributed by atoms with Crippen molar-refractivity contribution in [3.63, 3.8) is 0 Å². The molecule has 1 aromatic heterocycles. The second kappa shape index (κ2) is 9.81. The molecule has 0 aliphatic carbocycles. The minimum Gasteiger partial charge on any atom is -0.491 e. The van der Waals surface area contributed by atoms with Gasteiger partial charge < -0.3 is 19.4 Å². The van der Waals surface area contributed by atoms with Crippen LogP contribution in [-0.2, 0) is 4.79 Å². The first-order valence-corrected chi connectivity index (χ1v) is 11.1. The van der Waals surface area contributed by atoms with Crippen molar-refractivity contribution in [3.05, 3.63) is 54.2 Å². The Hall–Kier alpha value is -3.09. The van der Waals surface area contributed by atoms with Crippen LogP contribution in [0.4, 0.5) is 5.82 Å². The van der Waals surface area contributed by atoms with Crippen molar-refractivity contribution in [1.29, 1.82) is 0 Å². The van der Waals surface area contributed by atoms with Crippen LogP contribution in [0.2, 0.25) is 0 Å². The van der Waals surface area contributed by atoms with Crippen molar-refractivity contribution in [1.82, 2.24) is 14.8 Å². The molecule has 1 atom stereocenters. The van der Waals surface area contributed by atoms with Crippen LogP contribution in [0.1, 0.15) is 36.0 Å². The number of benzene rings is 1. The van der Waals surface area contributed by atoms with Gasteiger partial charge in [-0.05, 0) is 43.5 Å². The van der Waals surface area contributed by atoms with Gasteiger partial charge in [0.1, 0.15) is 18.2 Å². The minimum absolute atomic E-state index is 0.0410. The number of amides is 2. The molecule has 7 nitrogen and oxygen atoms in total. The van der Waals surface area contributed by atoms with E-state index >= 15 is 0 Å². The lowest BCUT2D eigenvalue weighted by molar-refractivity contribution is -0.128. The number of aromatic nitrogens is 1. The van der Waals surface area contributed by atoms with E-state index in [1.807, 2.05) is 59.3 Å². The maximum Gasteiger partial charge on any atom is 0.257 e. The number of ether oxygens (including phenoxy) is 1. The van der Waals surface area contributed by atoms with E-state index in [0.717, 1.165) is 44.7 Å². The van der Waals surface area contributed by atoms with Gasteiger partial charge in [0, 0.05) is 45.3 Å². The molecule has 2 aliphatic heterocycles. The standard InChI is InChI=1S/C24H30N4O3/c1-26(19-8-6-15-28(18-19)22-11-4-5-13-25-22)24(30)20-9-2-3-10-21(20)31-17-16-27-14-7-12-23(27)29/h2-5,9-11,13,19H,6-8,12,14-18H2,1H3. The average molecular weight is 423 g/mol. The summed E-state index contributed by atoms with van der Waals surface area (Å²) in [5, 5.41) is 0. The van der Waals surface area contributed by atoms with Gasteiger partial charge in [0.15, 0.2) is 0 Å². The first-order chi connectivity index (χ1) is 15.1. The van der Waals surface area contributed by atoms with Crippen molar-refractivity contribution >= 4 is 17.6 Å². The fourth-order valence-corrected chi connectivity index (χ4v) is 4.35. The van der Waals surface area contributed by atoms with Crippen LogP contribution in [0.3, 0.4) is 0 Å². The largest absolute Gasteiger partial charge is 0.491 e. The van der Waals surface area contributed by atoms with Crippen LogP contribution < -0.4 is 9.64 Å². The van der Waals surface area contributed by atoms with Gasteiger partial charge in [0.25, 0.3) is 5.91 Å². The Kier molecular flexibility index (Phi) is 6.70. The van der Waals surface area contributed by atoms with Crippen LogP contribution in [0.5, 0.6) is 5.75 Å².